The number of carbonyl (C=O) groups is 3. The van der Waals surface area contributed by atoms with E-state index in [-0.39, 0.29) is 18.1 Å². The highest BCUT2D eigenvalue weighted by molar-refractivity contribution is 5.83. The van der Waals surface area contributed by atoms with Gasteiger partial charge in [-0.05, 0) is 36.5 Å². The summed E-state index contributed by atoms with van der Waals surface area (Å²) in [5.41, 5.74) is 0.668. The minimum atomic E-state index is -1.16. The molecular formula is C19H28N2O6. The number of carbonyl (C=O) groups excluding carboxylic acids is 2. The van der Waals surface area contributed by atoms with Crippen molar-refractivity contribution in [3.8, 4) is 5.75 Å². The van der Waals surface area contributed by atoms with E-state index in [9.17, 15) is 24.6 Å². The molecule has 2 atom stereocenters. The summed E-state index contributed by atoms with van der Waals surface area (Å²) in [6.07, 6.45) is 1.19. The van der Waals surface area contributed by atoms with Gasteiger partial charge in [0.15, 0.2) is 0 Å². The van der Waals surface area contributed by atoms with E-state index >= 15 is 0 Å². The Morgan fingerprint density at radius 2 is 1.74 bits per heavy atom. The molecule has 8 heteroatoms. The Labute approximate surface area is 159 Å². The van der Waals surface area contributed by atoms with Gasteiger partial charge >= 0.3 is 11.9 Å². The number of benzene rings is 1. The molecule has 1 rings (SSSR count). The van der Waals surface area contributed by atoms with E-state index in [1.165, 1.54) is 26.1 Å². The summed E-state index contributed by atoms with van der Waals surface area (Å²) in [6, 6.07) is 4.17. The zero-order chi connectivity index (χ0) is 20.6. The fourth-order valence-electron chi connectivity index (χ4n) is 2.49. The van der Waals surface area contributed by atoms with Crippen LogP contribution in [0.4, 0.5) is 0 Å². The highest BCUT2D eigenvalue weighted by Crippen LogP contribution is 2.15. The lowest BCUT2D eigenvalue weighted by molar-refractivity contribution is -0.201. The molecule has 0 heterocycles. The average Bonchev–Trinajstić information content (AvgIpc) is 2.56. The summed E-state index contributed by atoms with van der Waals surface area (Å²) in [4.78, 5) is 40.6. The molecule has 0 saturated carbocycles. The molecule has 150 valence electrons. The van der Waals surface area contributed by atoms with Crippen LogP contribution in [-0.4, -0.2) is 52.3 Å². The van der Waals surface area contributed by atoms with E-state index in [0.29, 0.717) is 24.3 Å². The van der Waals surface area contributed by atoms with Crippen LogP contribution < -0.4 is 5.32 Å². The quantitative estimate of drug-likeness (QED) is 0.529. The number of amides is 1. The van der Waals surface area contributed by atoms with Crippen molar-refractivity contribution in [3.05, 3.63) is 29.8 Å². The van der Waals surface area contributed by atoms with Gasteiger partial charge in [0.05, 0.1) is 0 Å². The molecule has 1 aromatic rings. The third-order valence-electron chi connectivity index (χ3n) is 4.02. The summed E-state index contributed by atoms with van der Waals surface area (Å²) in [5, 5.41) is 22.3. The molecule has 1 aromatic carbocycles. The molecular weight excluding hydrogens is 352 g/mol. The maximum atomic E-state index is 12.4. The third kappa shape index (κ3) is 8.08. The predicted octanol–water partition coefficient (Wildman–Crippen LogP) is 1.72. The van der Waals surface area contributed by atoms with E-state index in [1.807, 2.05) is 13.8 Å². The number of nitrogens with one attached hydrogen (secondary N) is 1. The molecule has 0 fully saturated rings. The highest BCUT2D eigenvalue weighted by Gasteiger charge is 2.29. The van der Waals surface area contributed by atoms with Crippen LogP contribution in [0.15, 0.2) is 24.3 Å². The first kappa shape index (κ1) is 22.4. The monoisotopic (exact) mass is 380 g/mol. The summed E-state index contributed by atoms with van der Waals surface area (Å²) in [6.45, 7) is 5.31. The van der Waals surface area contributed by atoms with Gasteiger partial charge in [-0.1, -0.05) is 26.0 Å². The van der Waals surface area contributed by atoms with E-state index in [2.05, 4.69) is 5.32 Å². The maximum Gasteiger partial charge on any atom is 0.347 e. The number of aromatic hydroxyl groups is 1. The number of hydrogen-bond acceptors (Lipinski definition) is 6. The standard InChI is InChI=1S/C19H28N2O6/c1-12(2)5-10-16(20-13(3)22)19(26)27-21(4)17(18(24)25)11-14-6-8-15(23)9-7-14/h6-9,12,16-17,23H,5,10-11H2,1-4H3,(H,20,22)(H,24,25)/t16-,17-/m0/s1. The molecule has 0 unspecified atom stereocenters. The highest BCUT2D eigenvalue weighted by atomic mass is 16.7. The van der Waals surface area contributed by atoms with Gasteiger partial charge < -0.3 is 20.4 Å². The van der Waals surface area contributed by atoms with Gasteiger partial charge in [-0.25, -0.2) is 4.79 Å². The molecule has 3 N–H and O–H groups in total. The number of nitrogens with zero attached hydrogens (tertiary/aromatic N) is 1. The molecule has 0 saturated heterocycles. The summed E-state index contributed by atoms with van der Waals surface area (Å²) < 4.78 is 0. The lowest BCUT2D eigenvalue weighted by atomic mass is 10.0. The van der Waals surface area contributed by atoms with Crippen LogP contribution in [0, 0.1) is 5.92 Å². The van der Waals surface area contributed by atoms with Crippen LogP contribution in [0.3, 0.4) is 0 Å². The Bertz CT molecular complexity index is 644. The van der Waals surface area contributed by atoms with Crippen LogP contribution >= 0.6 is 0 Å². The van der Waals surface area contributed by atoms with Gasteiger partial charge in [0.2, 0.25) is 5.91 Å². The van der Waals surface area contributed by atoms with Crippen LogP contribution in [0.2, 0.25) is 0 Å². The first-order chi connectivity index (χ1) is 12.6. The van der Waals surface area contributed by atoms with Gasteiger partial charge in [-0.3, -0.25) is 9.59 Å². The van der Waals surface area contributed by atoms with Crippen LogP contribution in [0.25, 0.3) is 0 Å². The van der Waals surface area contributed by atoms with E-state index < -0.39 is 24.0 Å². The molecule has 0 spiro atoms. The second-order valence-electron chi connectivity index (χ2n) is 6.91. The Kier molecular flexibility index (Phi) is 8.74. The molecule has 0 aromatic heterocycles. The number of hydroxylamine groups is 2. The van der Waals surface area contributed by atoms with Crippen LogP contribution in [0.1, 0.15) is 39.2 Å². The van der Waals surface area contributed by atoms with Gasteiger partial charge in [-0.2, -0.15) is 0 Å². The smallest absolute Gasteiger partial charge is 0.347 e. The van der Waals surface area contributed by atoms with Crippen molar-refractivity contribution in [1.82, 2.24) is 10.4 Å². The Hall–Kier alpha value is -2.61. The van der Waals surface area contributed by atoms with Gasteiger partial charge in [0.25, 0.3) is 0 Å². The van der Waals surface area contributed by atoms with Gasteiger partial charge in [0.1, 0.15) is 17.8 Å². The molecule has 0 bridgehead atoms. The van der Waals surface area contributed by atoms with Crippen LogP contribution in [0.5, 0.6) is 5.75 Å². The first-order valence-electron chi connectivity index (χ1n) is 8.82. The number of phenols is 1. The van der Waals surface area contributed by atoms with Gasteiger partial charge in [0, 0.05) is 20.4 Å². The second kappa shape index (κ2) is 10.5. The van der Waals surface area contributed by atoms with E-state index in [1.54, 1.807) is 12.1 Å². The Morgan fingerprint density at radius 3 is 2.22 bits per heavy atom. The van der Waals surface area contributed by atoms with Crippen molar-refractivity contribution in [1.29, 1.82) is 0 Å². The predicted molar refractivity (Wildman–Crippen MR) is 98.8 cm³/mol. The molecule has 1 amide bonds. The van der Waals surface area contributed by atoms with Crippen LogP contribution in [-0.2, 0) is 25.6 Å². The average molecular weight is 380 g/mol. The molecule has 0 aliphatic heterocycles. The van der Waals surface area contributed by atoms with Crippen molar-refractivity contribution >= 4 is 17.8 Å². The fourth-order valence-corrected chi connectivity index (χ4v) is 2.49. The molecule has 0 aliphatic carbocycles. The summed E-state index contributed by atoms with van der Waals surface area (Å²) in [5.74, 6) is -1.80. The zero-order valence-corrected chi connectivity index (χ0v) is 16.1. The van der Waals surface area contributed by atoms with Gasteiger partial charge in [-0.15, -0.1) is 5.06 Å². The lowest BCUT2D eigenvalue weighted by Gasteiger charge is -2.26. The third-order valence-corrected chi connectivity index (χ3v) is 4.02. The topological polar surface area (TPSA) is 116 Å². The number of carboxylic acids is 1. The lowest BCUT2D eigenvalue weighted by Crippen LogP contribution is -2.47. The Balaban J connectivity index is 2.80. The van der Waals surface area contributed by atoms with Crippen molar-refractivity contribution in [3.63, 3.8) is 0 Å². The van der Waals surface area contributed by atoms with Crippen molar-refractivity contribution < 1.29 is 29.4 Å². The van der Waals surface area contributed by atoms with Crippen molar-refractivity contribution in [2.45, 2.75) is 52.1 Å². The minimum absolute atomic E-state index is 0.0775. The van der Waals surface area contributed by atoms with Crippen molar-refractivity contribution in [2.24, 2.45) is 5.92 Å². The zero-order valence-electron chi connectivity index (χ0n) is 16.1. The number of phenolic OH excluding ortho intramolecular Hbond substituents is 1. The summed E-state index contributed by atoms with van der Waals surface area (Å²) >= 11 is 0. The van der Waals surface area contributed by atoms with E-state index in [0.717, 1.165) is 5.06 Å². The number of rotatable bonds is 10. The van der Waals surface area contributed by atoms with Crippen molar-refractivity contribution in [2.75, 3.05) is 7.05 Å². The number of carboxylic acid groups (broad SMARTS) is 1. The number of likely N-dealkylation sites (N-methyl/N-ethyl adjacent to an activating group) is 1. The first-order valence-corrected chi connectivity index (χ1v) is 8.82. The van der Waals surface area contributed by atoms with E-state index in [4.69, 9.17) is 4.84 Å². The fraction of sp³-hybridized carbons (Fsp3) is 0.526. The number of aliphatic carboxylic acids is 1. The second-order valence-corrected chi connectivity index (χ2v) is 6.91. The molecule has 0 aliphatic rings. The molecule has 27 heavy (non-hydrogen) atoms. The maximum absolute atomic E-state index is 12.4. The molecule has 0 radical (unpaired) electrons. The SMILES string of the molecule is CC(=O)N[C@@H](CCC(C)C)C(=O)ON(C)[C@@H](Cc1ccc(O)cc1)C(=O)O. The molecule has 8 nitrogen and oxygen atoms in total. The largest absolute Gasteiger partial charge is 0.508 e. The summed E-state index contributed by atoms with van der Waals surface area (Å²) in [7, 11) is 1.37. The normalized spacial score (nSPS) is 13.3. The Morgan fingerprint density at radius 1 is 1.15 bits per heavy atom. The number of hydrogen-bond donors (Lipinski definition) is 3. The minimum Gasteiger partial charge on any atom is -0.508 e.